The first kappa shape index (κ1) is 17.4. The lowest BCUT2D eigenvalue weighted by atomic mass is 9.92. The molecule has 0 amide bonds. The highest BCUT2D eigenvalue weighted by atomic mass is 32.1. The average molecular weight is 369 g/mol. The fourth-order valence-electron chi connectivity index (χ4n) is 3.57. The summed E-state index contributed by atoms with van der Waals surface area (Å²) in [6, 6.07) is 10.3. The first-order valence-corrected chi connectivity index (χ1v) is 9.91. The fraction of sp³-hybridized carbons (Fsp3) is 0.400. The molecule has 0 radical (unpaired) electrons. The van der Waals surface area contributed by atoms with Crippen LogP contribution in [0.4, 0.5) is 5.82 Å². The van der Waals surface area contributed by atoms with Crippen LogP contribution in [0, 0.1) is 0 Å². The van der Waals surface area contributed by atoms with Gasteiger partial charge in [-0.25, -0.2) is 9.97 Å². The van der Waals surface area contributed by atoms with Gasteiger partial charge in [0.1, 0.15) is 17.3 Å². The van der Waals surface area contributed by atoms with E-state index in [0.29, 0.717) is 12.4 Å². The van der Waals surface area contributed by atoms with Crippen LogP contribution < -0.4 is 5.32 Å². The Labute approximate surface area is 157 Å². The molecule has 136 valence electrons. The lowest BCUT2D eigenvalue weighted by molar-refractivity contribution is 0.116. The highest BCUT2D eigenvalue weighted by molar-refractivity contribution is 7.17. The molecule has 2 heterocycles. The number of hydrogen-bond acceptors (Lipinski definition) is 6. The molecule has 2 atom stereocenters. The number of aromatic nitrogens is 2. The Bertz CT molecular complexity index is 881. The number of fused-ring (bicyclic) bond motifs is 1. The maximum absolute atomic E-state index is 10.4. The van der Waals surface area contributed by atoms with Crippen LogP contribution >= 0.6 is 11.3 Å². The molecular formula is C20H23N3O2S. The van der Waals surface area contributed by atoms with Crippen LogP contribution in [0.3, 0.4) is 0 Å². The van der Waals surface area contributed by atoms with Crippen molar-refractivity contribution >= 4 is 27.4 Å². The monoisotopic (exact) mass is 369 g/mol. The van der Waals surface area contributed by atoms with Gasteiger partial charge in [0.25, 0.3) is 0 Å². The summed E-state index contributed by atoms with van der Waals surface area (Å²) in [7, 11) is 1.65. The van der Waals surface area contributed by atoms with Crippen molar-refractivity contribution in [3.05, 3.63) is 41.5 Å². The standard InChI is InChI=1S/C20H23N3O2S/c1-25-11-17-22-19(21-15-9-5-6-10-16(15)24)18-14(12-26-20(18)23-17)13-7-3-2-4-8-13/h2-4,7-8,12,15-16,24H,5-6,9-11H2,1H3,(H,21,22,23)/t15-,16-/m0/s1. The number of aliphatic hydroxyl groups is 1. The van der Waals surface area contributed by atoms with E-state index in [1.54, 1.807) is 18.4 Å². The van der Waals surface area contributed by atoms with E-state index in [4.69, 9.17) is 9.72 Å². The first-order valence-electron chi connectivity index (χ1n) is 9.03. The van der Waals surface area contributed by atoms with E-state index < -0.39 is 0 Å². The number of thiophene rings is 1. The lowest BCUT2D eigenvalue weighted by Gasteiger charge is -2.29. The van der Waals surface area contributed by atoms with Gasteiger partial charge < -0.3 is 15.2 Å². The molecule has 0 aliphatic heterocycles. The molecule has 1 fully saturated rings. The van der Waals surface area contributed by atoms with E-state index in [9.17, 15) is 5.11 Å². The molecule has 5 nitrogen and oxygen atoms in total. The minimum absolute atomic E-state index is 0.0285. The van der Waals surface area contributed by atoms with Crippen LogP contribution in [0.15, 0.2) is 35.7 Å². The zero-order valence-electron chi connectivity index (χ0n) is 14.8. The van der Waals surface area contributed by atoms with Gasteiger partial charge in [-0.15, -0.1) is 11.3 Å². The highest BCUT2D eigenvalue weighted by Gasteiger charge is 2.25. The van der Waals surface area contributed by atoms with Crippen molar-refractivity contribution in [3.63, 3.8) is 0 Å². The van der Waals surface area contributed by atoms with Crippen LogP contribution in [0.25, 0.3) is 21.3 Å². The van der Waals surface area contributed by atoms with E-state index in [1.165, 1.54) is 0 Å². The van der Waals surface area contributed by atoms with Gasteiger partial charge in [0.05, 0.1) is 17.5 Å². The summed E-state index contributed by atoms with van der Waals surface area (Å²) in [6.07, 6.45) is 3.67. The number of nitrogens with zero attached hydrogens (tertiary/aromatic N) is 2. The van der Waals surface area contributed by atoms with Crippen molar-refractivity contribution in [2.75, 3.05) is 12.4 Å². The van der Waals surface area contributed by atoms with Gasteiger partial charge in [0.2, 0.25) is 0 Å². The predicted molar refractivity (Wildman–Crippen MR) is 105 cm³/mol. The second-order valence-electron chi connectivity index (χ2n) is 6.72. The predicted octanol–water partition coefficient (Wildman–Crippen LogP) is 4.22. The largest absolute Gasteiger partial charge is 0.391 e. The Kier molecular flexibility index (Phi) is 5.15. The van der Waals surface area contributed by atoms with Gasteiger partial charge in [0, 0.05) is 18.1 Å². The molecule has 6 heteroatoms. The van der Waals surface area contributed by atoms with E-state index >= 15 is 0 Å². The molecule has 0 spiro atoms. The van der Waals surface area contributed by atoms with Crippen molar-refractivity contribution in [1.29, 1.82) is 0 Å². The third-order valence-corrected chi connectivity index (χ3v) is 5.76. The number of methoxy groups -OCH3 is 1. The van der Waals surface area contributed by atoms with Gasteiger partial charge in [-0.1, -0.05) is 43.2 Å². The minimum atomic E-state index is -0.335. The molecule has 4 rings (SSSR count). The number of ether oxygens (including phenoxy) is 1. The molecule has 1 aromatic carbocycles. The number of anilines is 1. The molecular weight excluding hydrogens is 346 g/mol. The Morgan fingerprint density at radius 2 is 2.00 bits per heavy atom. The maximum atomic E-state index is 10.4. The van der Waals surface area contributed by atoms with E-state index in [1.807, 2.05) is 18.2 Å². The zero-order valence-corrected chi connectivity index (χ0v) is 15.6. The molecule has 0 unspecified atom stereocenters. The number of aliphatic hydroxyl groups excluding tert-OH is 1. The number of benzene rings is 1. The fourth-order valence-corrected chi connectivity index (χ4v) is 4.54. The minimum Gasteiger partial charge on any atom is -0.391 e. The normalized spacial score (nSPS) is 20.4. The number of nitrogens with one attached hydrogen (secondary N) is 1. The second-order valence-corrected chi connectivity index (χ2v) is 7.58. The molecule has 0 bridgehead atoms. The third-order valence-electron chi connectivity index (χ3n) is 4.89. The van der Waals surface area contributed by atoms with Crippen molar-refractivity contribution in [2.24, 2.45) is 0 Å². The lowest BCUT2D eigenvalue weighted by Crippen LogP contribution is -2.36. The van der Waals surface area contributed by atoms with Crippen LogP contribution in [0.1, 0.15) is 31.5 Å². The molecule has 2 N–H and O–H groups in total. The topological polar surface area (TPSA) is 67.3 Å². The van der Waals surface area contributed by atoms with Crippen LogP contribution in [0.5, 0.6) is 0 Å². The number of rotatable bonds is 5. The van der Waals surface area contributed by atoms with E-state index in [-0.39, 0.29) is 12.1 Å². The summed E-state index contributed by atoms with van der Waals surface area (Å²) >= 11 is 1.62. The highest BCUT2D eigenvalue weighted by Crippen LogP contribution is 2.37. The van der Waals surface area contributed by atoms with Crippen LogP contribution in [-0.4, -0.2) is 34.3 Å². The van der Waals surface area contributed by atoms with Gasteiger partial charge in [-0.2, -0.15) is 0 Å². The summed E-state index contributed by atoms with van der Waals surface area (Å²) in [6.45, 7) is 0.371. The maximum Gasteiger partial charge on any atom is 0.158 e. The molecule has 2 aromatic heterocycles. The van der Waals surface area contributed by atoms with Crippen molar-refractivity contribution in [2.45, 2.75) is 44.4 Å². The molecule has 3 aromatic rings. The first-order chi connectivity index (χ1) is 12.8. The molecule has 1 aliphatic rings. The summed E-state index contributed by atoms with van der Waals surface area (Å²) in [5.74, 6) is 1.46. The Morgan fingerprint density at radius 1 is 1.19 bits per heavy atom. The number of hydrogen-bond donors (Lipinski definition) is 2. The van der Waals surface area contributed by atoms with Crippen molar-refractivity contribution in [1.82, 2.24) is 9.97 Å². The van der Waals surface area contributed by atoms with Crippen molar-refractivity contribution in [3.8, 4) is 11.1 Å². The van der Waals surface area contributed by atoms with Gasteiger partial charge in [-0.3, -0.25) is 0 Å². The van der Waals surface area contributed by atoms with Crippen LogP contribution in [-0.2, 0) is 11.3 Å². The molecule has 0 saturated heterocycles. The quantitative estimate of drug-likeness (QED) is 0.705. The second kappa shape index (κ2) is 7.70. The third kappa shape index (κ3) is 3.45. The molecule has 1 saturated carbocycles. The Hall–Kier alpha value is -2.02. The summed E-state index contributed by atoms with van der Waals surface area (Å²) in [4.78, 5) is 10.3. The summed E-state index contributed by atoms with van der Waals surface area (Å²) in [5.41, 5.74) is 2.27. The van der Waals surface area contributed by atoms with E-state index in [2.05, 4.69) is 27.8 Å². The smallest absolute Gasteiger partial charge is 0.158 e. The Balaban J connectivity index is 1.80. The van der Waals surface area contributed by atoms with Crippen LogP contribution in [0.2, 0.25) is 0 Å². The van der Waals surface area contributed by atoms with Gasteiger partial charge in [-0.05, 0) is 18.4 Å². The summed E-state index contributed by atoms with van der Waals surface area (Å²) < 4.78 is 5.24. The van der Waals surface area contributed by atoms with Gasteiger partial charge >= 0.3 is 0 Å². The average Bonchev–Trinajstić information content (AvgIpc) is 3.09. The molecule has 1 aliphatic carbocycles. The SMILES string of the molecule is COCc1nc(N[C@H]2CCCC[C@@H]2O)c2c(-c3ccccc3)csc2n1. The summed E-state index contributed by atoms with van der Waals surface area (Å²) in [5, 5.41) is 17.1. The van der Waals surface area contributed by atoms with E-state index in [0.717, 1.165) is 52.8 Å². The zero-order chi connectivity index (χ0) is 17.9. The Morgan fingerprint density at radius 3 is 2.77 bits per heavy atom. The van der Waals surface area contributed by atoms with Crippen molar-refractivity contribution < 1.29 is 9.84 Å². The van der Waals surface area contributed by atoms with Gasteiger partial charge in [0.15, 0.2) is 5.82 Å². The molecule has 26 heavy (non-hydrogen) atoms.